The first-order valence-electron chi connectivity index (χ1n) is 9.33. The Hall–Kier alpha value is -2.49. The third kappa shape index (κ3) is 4.26. The summed E-state index contributed by atoms with van der Waals surface area (Å²) in [7, 11) is -3.81. The summed E-state index contributed by atoms with van der Waals surface area (Å²) in [5.74, 6) is 0.931. The van der Waals surface area contributed by atoms with Crippen LogP contribution in [0.1, 0.15) is 31.2 Å². The Morgan fingerprint density at radius 1 is 1.10 bits per heavy atom. The van der Waals surface area contributed by atoms with E-state index in [1.165, 1.54) is 10.4 Å². The lowest BCUT2D eigenvalue weighted by atomic mass is 9.86. The fraction of sp³-hybridized carbons (Fsp3) is 0.421. The van der Waals surface area contributed by atoms with Gasteiger partial charge in [-0.25, -0.2) is 9.29 Å². The molecule has 1 aromatic carbocycles. The minimum atomic E-state index is -4.40. The molecule has 1 aliphatic heterocycles. The van der Waals surface area contributed by atoms with Crippen molar-refractivity contribution in [1.82, 2.24) is 4.98 Å². The van der Waals surface area contributed by atoms with Gasteiger partial charge in [-0.2, -0.15) is 21.6 Å². The Morgan fingerprint density at radius 3 is 2.48 bits per heavy atom. The van der Waals surface area contributed by atoms with E-state index < -0.39 is 22.0 Å². The van der Waals surface area contributed by atoms with Crippen LogP contribution in [0.3, 0.4) is 0 Å². The van der Waals surface area contributed by atoms with E-state index in [-0.39, 0.29) is 12.0 Å². The second kappa shape index (κ2) is 7.40. The number of aromatic nitrogens is 1. The molecule has 6 nitrogen and oxygen atoms in total. The predicted octanol–water partition coefficient (Wildman–Crippen LogP) is 4.21. The van der Waals surface area contributed by atoms with Crippen LogP contribution in [0.5, 0.6) is 5.75 Å². The second-order valence-corrected chi connectivity index (χ2v) is 8.79. The van der Waals surface area contributed by atoms with Crippen LogP contribution in [0.4, 0.5) is 24.7 Å². The van der Waals surface area contributed by atoms with Gasteiger partial charge in [-0.15, -0.1) is 0 Å². The van der Waals surface area contributed by atoms with Gasteiger partial charge in [-0.1, -0.05) is 12.1 Å². The number of hydrogen-bond acceptors (Lipinski definition) is 5. The highest BCUT2D eigenvalue weighted by atomic mass is 32.2. The van der Waals surface area contributed by atoms with Crippen LogP contribution in [0.25, 0.3) is 0 Å². The van der Waals surface area contributed by atoms with Crippen LogP contribution in [0, 0.1) is 5.92 Å². The van der Waals surface area contributed by atoms with Crippen molar-refractivity contribution in [3.05, 3.63) is 48.2 Å². The minimum absolute atomic E-state index is 0.0919. The average Bonchev–Trinajstić information content (AvgIpc) is 2.93. The summed E-state index contributed by atoms with van der Waals surface area (Å²) in [5, 5.41) is 3.17. The molecule has 1 saturated carbocycles. The molecule has 1 aliphatic carbocycles. The van der Waals surface area contributed by atoms with Gasteiger partial charge < -0.3 is 9.50 Å². The summed E-state index contributed by atoms with van der Waals surface area (Å²) in [6.07, 6.45) is -0.419. The quantitative estimate of drug-likeness (QED) is 0.791. The molecule has 1 aromatic heterocycles. The van der Waals surface area contributed by atoms with Gasteiger partial charge >= 0.3 is 16.5 Å². The van der Waals surface area contributed by atoms with E-state index in [0.717, 1.165) is 37.9 Å². The number of halogens is 3. The van der Waals surface area contributed by atoms with Gasteiger partial charge in [0.25, 0.3) is 0 Å². The number of fused-ring (bicyclic) bond motifs is 1. The fourth-order valence-corrected chi connectivity index (χ4v) is 5.03. The van der Waals surface area contributed by atoms with Gasteiger partial charge in [-0.05, 0) is 55.9 Å². The van der Waals surface area contributed by atoms with Crippen molar-refractivity contribution in [2.45, 2.75) is 37.9 Å². The molecule has 156 valence electrons. The average molecular weight is 427 g/mol. The van der Waals surface area contributed by atoms with Crippen molar-refractivity contribution in [2.75, 3.05) is 16.2 Å². The first-order chi connectivity index (χ1) is 13.7. The molecule has 2 aliphatic rings. The molecule has 0 atom stereocenters. The summed E-state index contributed by atoms with van der Waals surface area (Å²) in [5.41, 5.74) is -0.220. The van der Waals surface area contributed by atoms with E-state index in [4.69, 9.17) is 4.18 Å². The lowest BCUT2D eigenvalue weighted by Gasteiger charge is -2.31. The molecule has 1 fully saturated rings. The Morgan fingerprint density at radius 2 is 1.83 bits per heavy atom. The Balaban J connectivity index is 1.33. The van der Waals surface area contributed by atoms with Crippen LogP contribution in [-0.2, 0) is 16.5 Å². The van der Waals surface area contributed by atoms with E-state index in [2.05, 4.69) is 10.3 Å². The zero-order valence-electron chi connectivity index (χ0n) is 15.4. The van der Waals surface area contributed by atoms with E-state index >= 15 is 0 Å². The normalized spacial score (nSPS) is 23.3. The minimum Gasteiger partial charge on any atom is -0.367 e. The predicted molar refractivity (Wildman–Crippen MR) is 102 cm³/mol. The van der Waals surface area contributed by atoms with Gasteiger partial charge in [0, 0.05) is 18.8 Å². The smallest absolute Gasteiger partial charge is 0.367 e. The van der Waals surface area contributed by atoms with Crippen LogP contribution in [0.2, 0.25) is 0 Å². The van der Waals surface area contributed by atoms with Crippen molar-refractivity contribution in [1.29, 1.82) is 0 Å². The number of pyridine rings is 1. The largest absolute Gasteiger partial charge is 0.417 e. The fourth-order valence-electron chi connectivity index (χ4n) is 3.78. The molecule has 10 heteroatoms. The molecule has 0 amide bonds. The first-order valence-corrected chi connectivity index (χ1v) is 10.7. The molecule has 0 saturated heterocycles. The van der Waals surface area contributed by atoms with Crippen molar-refractivity contribution in [2.24, 2.45) is 5.92 Å². The van der Waals surface area contributed by atoms with E-state index in [1.807, 2.05) is 0 Å². The standard InChI is InChI=1S/C19H20F3N3O3S/c20-19(21,22)14-7-10-18(23-11-14)24-15-8-5-13(6-9-15)12-25-16-3-1-2-4-17(16)28-29(25,26)27/h1-4,7,10-11,13,15H,5-6,8-9,12H2,(H,23,24)/t13-,15-. The molecular weight excluding hydrogens is 407 g/mol. The van der Waals surface area contributed by atoms with E-state index in [0.29, 0.717) is 23.8 Å². The third-order valence-corrected chi connectivity index (χ3v) is 6.59. The number of alkyl halides is 3. The number of rotatable bonds is 4. The van der Waals surface area contributed by atoms with Gasteiger partial charge in [0.2, 0.25) is 0 Å². The lowest BCUT2D eigenvalue weighted by molar-refractivity contribution is -0.137. The molecule has 0 spiro atoms. The maximum absolute atomic E-state index is 12.6. The topological polar surface area (TPSA) is 71.5 Å². The van der Waals surface area contributed by atoms with Gasteiger partial charge in [0.05, 0.1) is 11.3 Å². The van der Waals surface area contributed by atoms with E-state index in [1.54, 1.807) is 24.3 Å². The SMILES string of the molecule is O=S1(=O)Oc2ccccc2N1C[C@H]1CC[C@H](Nc2ccc(C(F)(F)F)cn2)CC1. The maximum Gasteiger partial charge on any atom is 0.417 e. The number of benzene rings is 1. The molecule has 4 rings (SSSR count). The second-order valence-electron chi connectivity index (χ2n) is 7.33. The molecular formula is C19H20F3N3O3S. The molecule has 2 aromatic rings. The summed E-state index contributed by atoms with van der Waals surface area (Å²) in [6, 6.07) is 9.29. The zero-order valence-corrected chi connectivity index (χ0v) is 16.2. The van der Waals surface area contributed by atoms with Crippen molar-refractivity contribution in [3.63, 3.8) is 0 Å². The number of anilines is 2. The zero-order chi connectivity index (χ0) is 20.6. The molecule has 0 bridgehead atoms. The van der Waals surface area contributed by atoms with Crippen molar-refractivity contribution >= 4 is 21.8 Å². The van der Waals surface area contributed by atoms with E-state index in [9.17, 15) is 21.6 Å². The monoisotopic (exact) mass is 427 g/mol. The number of nitrogens with one attached hydrogen (secondary N) is 1. The Labute approximate surface area is 167 Å². The van der Waals surface area contributed by atoms with Crippen LogP contribution in [-0.4, -0.2) is 26.0 Å². The van der Waals surface area contributed by atoms with Crippen LogP contribution < -0.4 is 13.8 Å². The molecule has 29 heavy (non-hydrogen) atoms. The summed E-state index contributed by atoms with van der Waals surface area (Å²) < 4.78 is 68.9. The highest BCUT2D eigenvalue weighted by Crippen LogP contribution is 2.39. The summed E-state index contributed by atoms with van der Waals surface area (Å²) >= 11 is 0. The van der Waals surface area contributed by atoms with Crippen LogP contribution in [0.15, 0.2) is 42.6 Å². The molecule has 0 radical (unpaired) electrons. The Bertz CT molecular complexity index is 972. The number of hydrogen-bond donors (Lipinski definition) is 1. The molecule has 2 heterocycles. The van der Waals surface area contributed by atoms with Crippen LogP contribution >= 0.6 is 0 Å². The number of nitrogens with zero attached hydrogens (tertiary/aromatic N) is 2. The van der Waals surface area contributed by atoms with Crippen molar-refractivity contribution in [3.8, 4) is 5.75 Å². The number of para-hydroxylation sites is 2. The summed E-state index contributed by atoms with van der Waals surface area (Å²) in [6.45, 7) is 0.352. The maximum atomic E-state index is 12.6. The van der Waals surface area contributed by atoms with Crippen molar-refractivity contribution < 1.29 is 25.8 Å². The van der Waals surface area contributed by atoms with Gasteiger partial charge in [0.1, 0.15) is 5.82 Å². The third-order valence-electron chi connectivity index (χ3n) is 5.31. The highest BCUT2D eigenvalue weighted by molar-refractivity contribution is 7.88. The lowest BCUT2D eigenvalue weighted by Crippen LogP contribution is -2.36. The van der Waals surface area contributed by atoms with Gasteiger partial charge in [-0.3, -0.25) is 0 Å². The molecule has 0 unspecified atom stereocenters. The first kappa shape index (κ1) is 19.8. The summed E-state index contributed by atoms with van der Waals surface area (Å²) in [4.78, 5) is 3.85. The molecule has 1 N–H and O–H groups in total. The highest BCUT2D eigenvalue weighted by Gasteiger charge is 2.37. The van der Waals surface area contributed by atoms with Gasteiger partial charge in [0.15, 0.2) is 5.75 Å². The Kier molecular flexibility index (Phi) is 5.05.